The molecule has 5 unspecified atom stereocenters. The fourth-order valence-electron chi connectivity index (χ4n) is 7.05. The Bertz CT molecular complexity index is 570. The van der Waals surface area contributed by atoms with Gasteiger partial charge in [-0.15, -0.1) is 6.61 Å². The summed E-state index contributed by atoms with van der Waals surface area (Å²) in [5.41, 5.74) is 0.984. The Balaban J connectivity index is 0.00000169. The predicted octanol–water partition coefficient (Wildman–Crippen LogP) is -0.206. The average molecular weight is 400 g/mol. The van der Waals surface area contributed by atoms with Crippen LogP contribution in [-0.2, 0) is 0 Å². The molecule has 4 aliphatic carbocycles. The van der Waals surface area contributed by atoms with E-state index in [1.165, 1.54) is 6.42 Å². The van der Waals surface area contributed by atoms with Crippen molar-refractivity contribution in [1.82, 2.24) is 0 Å². The number of aliphatic hydroxyl groups is 1. The van der Waals surface area contributed by atoms with Crippen molar-refractivity contribution in [3.8, 4) is 6.07 Å². The largest absolute Gasteiger partial charge is 1.00 e. The number of aliphatic hydroxyl groups excluding tert-OH is 1. The predicted molar refractivity (Wildman–Crippen MR) is 86.0 cm³/mol. The van der Waals surface area contributed by atoms with Gasteiger partial charge in [0.2, 0.25) is 0 Å². The first kappa shape index (κ1) is 19.7. The van der Waals surface area contributed by atoms with Crippen LogP contribution >= 0.6 is 0 Å². The summed E-state index contributed by atoms with van der Waals surface area (Å²) in [6, 6.07) is 2.45. The van der Waals surface area contributed by atoms with Crippen molar-refractivity contribution in [1.29, 1.82) is 5.26 Å². The maximum atomic E-state index is 12.3. The number of allylic oxidation sites excluding steroid dienone is 2. The second-order valence-electron chi connectivity index (χ2n) is 8.88. The summed E-state index contributed by atoms with van der Waals surface area (Å²) in [7, 11) is 0. The summed E-state index contributed by atoms with van der Waals surface area (Å²) in [5, 5.41) is 31.9. The Morgan fingerprint density at radius 1 is 1.25 bits per heavy atom. The van der Waals surface area contributed by atoms with E-state index in [-0.39, 0.29) is 81.7 Å². The summed E-state index contributed by atoms with van der Waals surface area (Å²) < 4.78 is 0. The Hall–Kier alpha value is 0.955. The van der Waals surface area contributed by atoms with E-state index in [9.17, 15) is 15.5 Å². The monoisotopic (exact) mass is 399 g/mol. The fourth-order valence-corrected chi connectivity index (χ4v) is 7.05. The van der Waals surface area contributed by atoms with Gasteiger partial charge in [-0.05, 0) is 80.5 Å². The van der Waals surface area contributed by atoms with Crippen molar-refractivity contribution in [2.24, 2.45) is 34.5 Å². The fraction of sp³-hybridized carbons (Fsp3) is 0.850. The molecule has 0 aliphatic heterocycles. The summed E-state index contributed by atoms with van der Waals surface area (Å²) >= 11 is 0. The maximum Gasteiger partial charge on any atom is 1.00 e. The van der Waals surface area contributed by atoms with Crippen LogP contribution in [0.2, 0.25) is 0 Å². The molecule has 24 heavy (non-hydrogen) atoms. The van der Waals surface area contributed by atoms with E-state index in [1.54, 1.807) is 0 Å². The zero-order valence-electron chi connectivity index (χ0n) is 15.1. The van der Waals surface area contributed by atoms with E-state index < -0.39 is 0 Å². The normalized spacial score (nSPS) is 49.8. The van der Waals surface area contributed by atoms with E-state index in [4.69, 9.17) is 0 Å². The van der Waals surface area contributed by atoms with Crippen LogP contribution in [0.25, 0.3) is 0 Å². The number of fused-ring (bicyclic) bond motifs is 5. The molecule has 0 spiro atoms. The van der Waals surface area contributed by atoms with Gasteiger partial charge >= 0.3 is 58.2 Å². The van der Waals surface area contributed by atoms with Crippen molar-refractivity contribution in [3.63, 3.8) is 0 Å². The van der Waals surface area contributed by atoms with Crippen molar-refractivity contribution in [2.45, 2.75) is 64.4 Å². The van der Waals surface area contributed by atoms with E-state index in [1.807, 2.05) is 0 Å². The third-order valence-corrected chi connectivity index (χ3v) is 8.31. The van der Waals surface area contributed by atoms with Gasteiger partial charge in [-0.3, -0.25) is 0 Å². The third-order valence-electron chi connectivity index (χ3n) is 8.31. The third kappa shape index (κ3) is 2.71. The molecule has 4 aliphatic rings. The van der Waals surface area contributed by atoms with Crippen LogP contribution in [0.3, 0.4) is 0 Å². The first-order chi connectivity index (χ1) is 11.0. The van der Waals surface area contributed by atoms with Crippen LogP contribution in [0.4, 0.5) is 0 Å². The average Bonchev–Trinajstić information content (AvgIpc) is 2.90. The molecule has 0 aromatic carbocycles. The Morgan fingerprint density at radius 3 is 2.75 bits per heavy atom. The van der Waals surface area contributed by atoms with Gasteiger partial charge < -0.3 is 10.2 Å². The molecule has 0 aromatic rings. The Kier molecular flexibility index (Phi) is 5.89. The van der Waals surface area contributed by atoms with Crippen LogP contribution in [0.5, 0.6) is 0 Å². The molecule has 4 rings (SSSR count). The van der Waals surface area contributed by atoms with E-state index in [2.05, 4.69) is 19.1 Å². The van der Waals surface area contributed by atoms with Crippen LogP contribution in [0.1, 0.15) is 58.3 Å². The zero-order chi connectivity index (χ0) is 16.2. The summed E-state index contributed by atoms with van der Waals surface area (Å²) in [6.45, 7) is 2.32. The van der Waals surface area contributed by atoms with Gasteiger partial charge in [-0.1, -0.05) is 13.0 Å². The molecule has 3 nitrogen and oxygen atoms in total. The Labute approximate surface area is 194 Å². The quantitative estimate of drug-likeness (QED) is 0.663. The van der Waals surface area contributed by atoms with Crippen LogP contribution < -0.4 is 63.3 Å². The topological polar surface area (TPSA) is 67.1 Å². The molecule has 0 saturated heterocycles. The second kappa shape index (κ2) is 7.17. The standard InChI is InChI=1S/C20H28NO2.Rb/c1-19-8-7-18-16(17(19)5-3-14(19)11-21)4-2-13-10-15(23)6-9-20(13,18)12-22;/h3,13,15-18,23H,2,4-10,12H2,1H3;/q-1;+1/t13?,15-,16?,17?,18+,19?,20?;/m1./s1. The minimum atomic E-state index is -0.191. The molecular formula is C20H28NO2Rb. The van der Waals surface area contributed by atoms with Gasteiger partial charge in [0.05, 0.1) is 12.2 Å². The van der Waals surface area contributed by atoms with Crippen molar-refractivity contribution >= 4 is 0 Å². The van der Waals surface area contributed by atoms with Gasteiger partial charge in [0.25, 0.3) is 0 Å². The molecule has 1 N–H and O–H groups in total. The molecule has 0 amide bonds. The Morgan fingerprint density at radius 2 is 2.04 bits per heavy atom. The number of nitriles is 1. The van der Waals surface area contributed by atoms with Crippen LogP contribution in [0, 0.1) is 45.8 Å². The van der Waals surface area contributed by atoms with Gasteiger partial charge in [0.15, 0.2) is 0 Å². The summed E-state index contributed by atoms with van der Waals surface area (Å²) in [6.07, 6.45) is 10.1. The molecule has 3 saturated carbocycles. The summed E-state index contributed by atoms with van der Waals surface area (Å²) in [5.74, 6) is 2.12. The molecule has 0 aromatic heterocycles. The smallest absolute Gasteiger partial charge is 0.854 e. The van der Waals surface area contributed by atoms with Gasteiger partial charge in [-0.2, -0.15) is 5.26 Å². The minimum absolute atomic E-state index is 0. The molecule has 4 heteroatoms. The second-order valence-corrected chi connectivity index (χ2v) is 8.88. The van der Waals surface area contributed by atoms with Gasteiger partial charge in [-0.25, -0.2) is 0 Å². The molecule has 0 bridgehead atoms. The number of nitrogens with zero attached hydrogens (tertiary/aromatic N) is 1. The molecule has 0 heterocycles. The number of hydrogen-bond acceptors (Lipinski definition) is 3. The molecule has 3 fully saturated rings. The summed E-state index contributed by atoms with van der Waals surface area (Å²) in [4.78, 5) is 0. The zero-order valence-corrected chi connectivity index (χ0v) is 20.0. The first-order valence-corrected chi connectivity index (χ1v) is 9.42. The number of hydrogen-bond donors (Lipinski definition) is 1. The maximum absolute atomic E-state index is 12.3. The molecule has 7 atom stereocenters. The molecular weight excluding hydrogens is 372 g/mol. The van der Waals surface area contributed by atoms with Crippen molar-refractivity contribution < 1.29 is 68.4 Å². The van der Waals surface area contributed by atoms with Crippen molar-refractivity contribution in [2.75, 3.05) is 6.61 Å². The first-order valence-electron chi connectivity index (χ1n) is 9.42. The van der Waals surface area contributed by atoms with Gasteiger partial charge in [0, 0.05) is 11.0 Å². The van der Waals surface area contributed by atoms with E-state index in [0.29, 0.717) is 23.7 Å². The van der Waals surface area contributed by atoms with Gasteiger partial charge in [0.1, 0.15) is 0 Å². The number of rotatable bonds is 1. The van der Waals surface area contributed by atoms with Crippen molar-refractivity contribution in [3.05, 3.63) is 11.6 Å². The molecule has 0 radical (unpaired) electrons. The van der Waals surface area contributed by atoms with E-state index >= 15 is 0 Å². The van der Waals surface area contributed by atoms with Crippen LogP contribution in [0.15, 0.2) is 11.6 Å². The minimum Gasteiger partial charge on any atom is -0.854 e. The molecule has 126 valence electrons. The SMILES string of the molecule is CC12CC[C@H]3C(CCC4C[C@H](O)CCC43C[O-])C1CC=C2C#N.[Rb+]. The van der Waals surface area contributed by atoms with E-state index in [0.717, 1.165) is 50.5 Å². The van der Waals surface area contributed by atoms with Crippen LogP contribution in [-0.4, -0.2) is 17.8 Å².